The SMILES string of the molecule is Nc1ncccc1C(=O)c1nc(N2CCC(Cl)CC2)ccc1Cl. The summed E-state index contributed by atoms with van der Waals surface area (Å²) in [6.07, 6.45) is 3.32. The summed E-state index contributed by atoms with van der Waals surface area (Å²) in [7, 11) is 0. The highest BCUT2D eigenvalue weighted by Crippen LogP contribution is 2.26. The van der Waals surface area contributed by atoms with Gasteiger partial charge in [0.1, 0.15) is 17.3 Å². The van der Waals surface area contributed by atoms with Crippen molar-refractivity contribution in [3.8, 4) is 0 Å². The van der Waals surface area contributed by atoms with E-state index < -0.39 is 0 Å². The number of carbonyl (C=O) groups is 1. The van der Waals surface area contributed by atoms with Gasteiger partial charge in [0.2, 0.25) is 5.78 Å². The fourth-order valence-corrected chi connectivity index (χ4v) is 2.97. The minimum absolute atomic E-state index is 0.170. The maximum absolute atomic E-state index is 12.7. The molecule has 0 amide bonds. The number of nitrogens with two attached hydrogens (primary N) is 1. The molecule has 2 aromatic rings. The lowest BCUT2D eigenvalue weighted by atomic mass is 10.1. The molecule has 0 spiro atoms. The summed E-state index contributed by atoms with van der Waals surface area (Å²) in [4.78, 5) is 23.2. The zero-order valence-corrected chi connectivity index (χ0v) is 13.9. The van der Waals surface area contributed by atoms with E-state index >= 15 is 0 Å². The largest absolute Gasteiger partial charge is 0.383 e. The normalized spacial score (nSPS) is 15.7. The number of rotatable bonds is 3. The number of carbonyl (C=O) groups excluding carboxylic acids is 1. The third-order valence-electron chi connectivity index (χ3n) is 3.88. The number of nitrogens with zero attached hydrogens (tertiary/aromatic N) is 3. The number of piperidine rings is 1. The van der Waals surface area contributed by atoms with Crippen LogP contribution in [-0.2, 0) is 0 Å². The van der Waals surface area contributed by atoms with Crippen LogP contribution < -0.4 is 10.6 Å². The molecule has 0 radical (unpaired) electrons. The minimum Gasteiger partial charge on any atom is -0.383 e. The van der Waals surface area contributed by atoms with Crippen molar-refractivity contribution in [2.24, 2.45) is 0 Å². The number of hydrogen-bond donors (Lipinski definition) is 1. The van der Waals surface area contributed by atoms with Crippen molar-refractivity contribution in [2.45, 2.75) is 18.2 Å². The van der Waals surface area contributed by atoms with Crippen molar-refractivity contribution >= 4 is 40.6 Å². The van der Waals surface area contributed by atoms with Gasteiger partial charge in [-0.2, -0.15) is 0 Å². The Morgan fingerprint density at radius 2 is 2.00 bits per heavy atom. The third kappa shape index (κ3) is 3.41. The molecule has 1 fully saturated rings. The van der Waals surface area contributed by atoms with E-state index in [1.807, 2.05) is 6.07 Å². The van der Waals surface area contributed by atoms with Crippen molar-refractivity contribution in [2.75, 3.05) is 23.7 Å². The monoisotopic (exact) mass is 350 g/mol. The molecule has 120 valence electrons. The van der Waals surface area contributed by atoms with Crippen LogP contribution in [0.25, 0.3) is 0 Å². The number of ketones is 1. The second kappa shape index (κ2) is 6.72. The van der Waals surface area contributed by atoms with Gasteiger partial charge in [-0.25, -0.2) is 9.97 Å². The second-order valence-electron chi connectivity index (χ2n) is 5.43. The standard InChI is InChI=1S/C16H16Cl2N4O/c17-10-5-8-22(9-6-10)13-4-3-12(18)14(21-13)15(23)11-2-1-7-20-16(11)19/h1-4,7,10H,5-6,8-9H2,(H2,19,20). The van der Waals surface area contributed by atoms with Crippen molar-refractivity contribution in [3.63, 3.8) is 0 Å². The minimum atomic E-state index is -0.324. The van der Waals surface area contributed by atoms with Gasteiger partial charge in [-0.1, -0.05) is 11.6 Å². The van der Waals surface area contributed by atoms with Gasteiger partial charge in [0, 0.05) is 24.7 Å². The molecule has 0 aliphatic carbocycles. The summed E-state index contributed by atoms with van der Waals surface area (Å²) in [5, 5.41) is 0.504. The lowest BCUT2D eigenvalue weighted by Crippen LogP contribution is -2.34. The van der Waals surface area contributed by atoms with Crippen LogP contribution in [0.4, 0.5) is 11.6 Å². The fourth-order valence-electron chi connectivity index (χ4n) is 2.58. The number of hydrogen-bond acceptors (Lipinski definition) is 5. The van der Waals surface area contributed by atoms with Crippen molar-refractivity contribution < 1.29 is 4.79 Å². The molecule has 2 N–H and O–H groups in total. The Morgan fingerprint density at radius 3 is 2.70 bits per heavy atom. The van der Waals surface area contributed by atoms with Crippen molar-refractivity contribution in [3.05, 3.63) is 46.7 Å². The molecule has 3 heterocycles. The number of anilines is 2. The summed E-state index contributed by atoms with van der Waals surface area (Å²) in [6.45, 7) is 1.62. The van der Waals surface area contributed by atoms with E-state index in [9.17, 15) is 4.79 Å². The zero-order valence-electron chi connectivity index (χ0n) is 12.4. The highest BCUT2D eigenvalue weighted by molar-refractivity contribution is 6.34. The van der Waals surface area contributed by atoms with Crippen molar-refractivity contribution in [1.29, 1.82) is 0 Å². The van der Waals surface area contributed by atoms with Crippen LogP contribution in [0.5, 0.6) is 0 Å². The van der Waals surface area contributed by atoms with Crippen LogP contribution in [-0.4, -0.2) is 34.2 Å². The van der Waals surface area contributed by atoms with Gasteiger partial charge in [0.05, 0.1) is 10.6 Å². The topological polar surface area (TPSA) is 72.1 Å². The zero-order chi connectivity index (χ0) is 16.4. The molecule has 0 aromatic carbocycles. The summed E-state index contributed by atoms with van der Waals surface area (Å²) in [5.74, 6) is 0.571. The molecule has 0 saturated carbocycles. The summed E-state index contributed by atoms with van der Waals surface area (Å²) in [5.41, 5.74) is 6.27. The van der Waals surface area contributed by atoms with Gasteiger partial charge < -0.3 is 10.6 Å². The fraction of sp³-hybridized carbons (Fsp3) is 0.312. The number of halogens is 2. The average Bonchev–Trinajstić information content (AvgIpc) is 2.56. The van der Waals surface area contributed by atoms with E-state index in [0.29, 0.717) is 10.6 Å². The quantitative estimate of drug-likeness (QED) is 0.679. The highest BCUT2D eigenvalue weighted by atomic mass is 35.5. The first kappa shape index (κ1) is 16.0. The molecule has 2 aromatic heterocycles. The molecule has 7 heteroatoms. The van der Waals surface area contributed by atoms with Gasteiger partial charge in [0.15, 0.2) is 0 Å². The van der Waals surface area contributed by atoms with E-state index in [1.165, 1.54) is 6.20 Å². The van der Waals surface area contributed by atoms with Crippen LogP contribution in [0.1, 0.15) is 28.9 Å². The van der Waals surface area contributed by atoms with Gasteiger partial charge >= 0.3 is 0 Å². The summed E-state index contributed by atoms with van der Waals surface area (Å²) in [6, 6.07) is 6.79. The summed E-state index contributed by atoms with van der Waals surface area (Å²) < 4.78 is 0. The highest BCUT2D eigenvalue weighted by Gasteiger charge is 2.22. The first-order valence-corrected chi connectivity index (χ1v) is 8.18. The Kier molecular flexibility index (Phi) is 4.68. The van der Waals surface area contributed by atoms with E-state index in [-0.39, 0.29) is 22.7 Å². The predicted octanol–water partition coefficient (Wildman–Crippen LogP) is 3.15. The molecule has 5 nitrogen and oxygen atoms in total. The molecule has 0 unspecified atom stereocenters. The lowest BCUT2D eigenvalue weighted by molar-refractivity contribution is 0.103. The number of alkyl halides is 1. The van der Waals surface area contributed by atoms with Gasteiger partial charge in [-0.15, -0.1) is 11.6 Å². The van der Waals surface area contributed by atoms with Gasteiger partial charge in [-0.3, -0.25) is 4.79 Å². The molecule has 23 heavy (non-hydrogen) atoms. The molecule has 1 aliphatic rings. The molecule has 0 bridgehead atoms. The van der Waals surface area contributed by atoms with Crippen LogP contribution in [0, 0.1) is 0 Å². The number of aromatic nitrogens is 2. The summed E-state index contributed by atoms with van der Waals surface area (Å²) >= 11 is 12.3. The van der Waals surface area contributed by atoms with Gasteiger partial charge in [0.25, 0.3) is 0 Å². The van der Waals surface area contributed by atoms with E-state index in [4.69, 9.17) is 28.9 Å². The average molecular weight is 351 g/mol. The Bertz CT molecular complexity index is 730. The first-order valence-electron chi connectivity index (χ1n) is 7.37. The predicted molar refractivity (Wildman–Crippen MR) is 92.4 cm³/mol. The van der Waals surface area contributed by atoms with Crippen LogP contribution in [0.3, 0.4) is 0 Å². The first-order chi connectivity index (χ1) is 11.1. The number of pyridine rings is 2. The molecule has 1 saturated heterocycles. The van der Waals surface area contributed by atoms with E-state index in [0.717, 1.165) is 31.7 Å². The molecule has 0 atom stereocenters. The van der Waals surface area contributed by atoms with Gasteiger partial charge in [-0.05, 0) is 37.1 Å². The lowest BCUT2D eigenvalue weighted by Gasteiger charge is -2.30. The molecular formula is C16H16Cl2N4O. The molecule has 1 aliphatic heterocycles. The number of nitrogen functional groups attached to an aromatic ring is 1. The van der Waals surface area contributed by atoms with Crippen LogP contribution in [0.15, 0.2) is 30.5 Å². The Morgan fingerprint density at radius 1 is 1.26 bits per heavy atom. The van der Waals surface area contributed by atoms with Crippen LogP contribution in [0.2, 0.25) is 5.02 Å². The molecular weight excluding hydrogens is 335 g/mol. The maximum Gasteiger partial charge on any atom is 0.216 e. The molecule has 3 rings (SSSR count). The van der Waals surface area contributed by atoms with Crippen LogP contribution >= 0.6 is 23.2 Å². The maximum atomic E-state index is 12.7. The van der Waals surface area contributed by atoms with E-state index in [1.54, 1.807) is 18.2 Å². The van der Waals surface area contributed by atoms with Crippen molar-refractivity contribution in [1.82, 2.24) is 9.97 Å². The smallest absolute Gasteiger partial charge is 0.216 e. The van der Waals surface area contributed by atoms with E-state index in [2.05, 4.69) is 14.9 Å². The Hall–Kier alpha value is -1.85. The third-order valence-corrected chi connectivity index (χ3v) is 4.62. The second-order valence-corrected chi connectivity index (χ2v) is 6.45. The Labute approximate surface area is 144 Å². The Balaban J connectivity index is 1.92.